The van der Waals surface area contributed by atoms with E-state index < -0.39 is 0 Å². The Morgan fingerprint density at radius 2 is 2.00 bits per heavy atom. The van der Waals surface area contributed by atoms with Gasteiger partial charge < -0.3 is 16.0 Å². The van der Waals surface area contributed by atoms with Crippen LogP contribution in [0.4, 0.5) is 5.69 Å². The van der Waals surface area contributed by atoms with Gasteiger partial charge in [0.2, 0.25) is 5.91 Å². The number of benzene rings is 1. The van der Waals surface area contributed by atoms with Crippen LogP contribution >= 0.6 is 0 Å². The van der Waals surface area contributed by atoms with Gasteiger partial charge in [-0.25, -0.2) is 0 Å². The van der Waals surface area contributed by atoms with Crippen LogP contribution in [-0.4, -0.2) is 37.4 Å². The molecule has 1 amide bonds. The van der Waals surface area contributed by atoms with Crippen molar-refractivity contribution in [3.8, 4) is 0 Å². The van der Waals surface area contributed by atoms with Crippen molar-refractivity contribution in [1.82, 2.24) is 5.32 Å². The minimum absolute atomic E-state index is 0.0513. The van der Waals surface area contributed by atoms with Gasteiger partial charge in [-0.1, -0.05) is 24.6 Å². The first-order chi connectivity index (χ1) is 9.72. The fraction of sp³-hybridized carbons (Fsp3) is 0.467. The fourth-order valence-corrected chi connectivity index (χ4v) is 2.43. The van der Waals surface area contributed by atoms with E-state index in [0.717, 1.165) is 25.8 Å². The topological polar surface area (TPSA) is 75.4 Å². The normalized spacial score (nSPS) is 18.6. The summed E-state index contributed by atoms with van der Waals surface area (Å²) in [5.74, 6) is -0.185. The lowest BCUT2D eigenvalue weighted by molar-refractivity contribution is -0.123. The van der Waals surface area contributed by atoms with Crippen molar-refractivity contribution in [2.45, 2.75) is 25.3 Å². The van der Waals surface area contributed by atoms with Crippen LogP contribution in [0.25, 0.3) is 0 Å². The van der Waals surface area contributed by atoms with E-state index in [9.17, 15) is 9.59 Å². The number of Topliss-reactive ketones (excluding diaryl/α,β-unsaturated/α-hetero) is 1. The summed E-state index contributed by atoms with van der Waals surface area (Å²) in [6, 6.07) is 9.05. The molecule has 0 spiro atoms. The van der Waals surface area contributed by atoms with Gasteiger partial charge in [0, 0.05) is 5.69 Å². The third-order valence-corrected chi connectivity index (χ3v) is 3.56. The van der Waals surface area contributed by atoms with Gasteiger partial charge in [-0.15, -0.1) is 0 Å². The van der Waals surface area contributed by atoms with Gasteiger partial charge in [0.15, 0.2) is 5.78 Å². The number of nitrogens with zero attached hydrogens (tertiary/aromatic N) is 1. The molecule has 1 heterocycles. The molecule has 2 rings (SSSR count). The summed E-state index contributed by atoms with van der Waals surface area (Å²) in [4.78, 5) is 25.7. The summed E-state index contributed by atoms with van der Waals surface area (Å²) in [5, 5.41) is 3.21. The van der Waals surface area contributed by atoms with Crippen molar-refractivity contribution in [1.29, 1.82) is 0 Å². The van der Waals surface area contributed by atoms with Gasteiger partial charge in [0.25, 0.3) is 0 Å². The molecule has 3 N–H and O–H groups in total. The zero-order valence-corrected chi connectivity index (χ0v) is 11.5. The summed E-state index contributed by atoms with van der Waals surface area (Å²) in [6.45, 7) is 0.852. The van der Waals surface area contributed by atoms with Gasteiger partial charge in [-0.05, 0) is 31.5 Å². The lowest BCUT2D eigenvalue weighted by atomic mass is 10.0. The van der Waals surface area contributed by atoms with Gasteiger partial charge >= 0.3 is 0 Å². The van der Waals surface area contributed by atoms with Crippen LogP contribution < -0.4 is 16.0 Å². The van der Waals surface area contributed by atoms with E-state index in [2.05, 4.69) is 5.32 Å². The molecule has 1 aliphatic heterocycles. The highest BCUT2D eigenvalue weighted by molar-refractivity contribution is 6.01. The number of para-hydroxylation sites is 1. The maximum atomic E-state index is 12.3. The van der Waals surface area contributed by atoms with Gasteiger partial charge in [0.1, 0.15) is 0 Å². The van der Waals surface area contributed by atoms with Crippen molar-refractivity contribution >= 4 is 17.4 Å². The van der Waals surface area contributed by atoms with Gasteiger partial charge in [-0.2, -0.15) is 0 Å². The number of hydrogen-bond donors (Lipinski definition) is 2. The van der Waals surface area contributed by atoms with Gasteiger partial charge in [0.05, 0.1) is 19.1 Å². The average molecular weight is 275 g/mol. The zero-order chi connectivity index (χ0) is 14.4. The highest BCUT2D eigenvalue weighted by atomic mass is 16.2. The molecule has 108 valence electrons. The molecule has 1 saturated heterocycles. The van der Waals surface area contributed by atoms with E-state index in [4.69, 9.17) is 5.73 Å². The van der Waals surface area contributed by atoms with E-state index in [1.165, 1.54) is 4.90 Å². The Hall–Kier alpha value is -1.72. The second-order valence-corrected chi connectivity index (χ2v) is 4.99. The molecule has 1 unspecified atom stereocenters. The highest BCUT2D eigenvalue weighted by Gasteiger charge is 2.25. The summed E-state index contributed by atoms with van der Waals surface area (Å²) in [5.41, 5.74) is 6.16. The largest absolute Gasteiger partial charge is 0.322 e. The van der Waals surface area contributed by atoms with E-state index >= 15 is 0 Å². The number of carbonyl (C=O) groups is 2. The molecule has 1 aromatic carbocycles. The number of nitrogens with one attached hydrogen (secondary N) is 1. The summed E-state index contributed by atoms with van der Waals surface area (Å²) >= 11 is 0. The molecule has 1 atom stereocenters. The smallest absolute Gasteiger partial charge is 0.241 e. The molecule has 5 heteroatoms. The number of amides is 1. The quantitative estimate of drug-likeness (QED) is 0.829. The Morgan fingerprint density at radius 1 is 1.25 bits per heavy atom. The van der Waals surface area contributed by atoms with Crippen LogP contribution in [0.5, 0.6) is 0 Å². The number of hydrogen-bond acceptors (Lipinski definition) is 4. The first-order valence-electron chi connectivity index (χ1n) is 7.04. The molecule has 0 aliphatic carbocycles. The van der Waals surface area contributed by atoms with E-state index in [1.54, 1.807) is 0 Å². The Bertz CT molecular complexity index is 455. The molecule has 5 nitrogen and oxygen atoms in total. The molecular formula is C15H21N3O2. The Balaban J connectivity index is 2.08. The molecule has 0 bridgehead atoms. The molecule has 0 saturated carbocycles. The van der Waals surface area contributed by atoms with Crippen LogP contribution in [0.15, 0.2) is 30.3 Å². The number of rotatable bonds is 5. The Labute approximate surface area is 119 Å². The standard InChI is InChI=1S/C15H21N3O2/c16-10-15(20)18(12-6-2-1-3-7-12)11-14(19)13-8-4-5-9-17-13/h1-3,6-7,13,17H,4-5,8-11,16H2. The third kappa shape index (κ3) is 3.65. The lowest BCUT2D eigenvalue weighted by Gasteiger charge is -2.27. The number of carbonyl (C=O) groups excluding carboxylic acids is 2. The SMILES string of the molecule is NCC(=O)N(CC(=O)C1CCCCN1)c1ccccc1. The minimum atomic E-state index is -0.236. The summed E-state index contributed by atoms with van der Waals surface area (Å²) < 4.78 is 0. The van der Waals surface area contributed by atoms with Crippen molar-refractivity contribution in [3.05, 3.63) is 30.3 Å². The molecule has 0 radical (unpaired) electrons. The van der Waals surface area contributed by atoms with Gasteiger partial charge in [-0.3, -0.25) is 9.59 Å². The van der Waals surface area contributed by atoms with E-state index in [0.29, 0.717) is 5.69 Å². The molecule has 1 aromatic rings. The number of anilines is 1. The number of piperidine rings is 1. The lowest BCUT2D eigenvalue weighted by Crippen LogP contribution is -2.48. The first kappa shape index (κ1) is 14.7. The second kappa shape index (κ2) is 7.17. The molecular weight excluding hydrogens is 254 g/mol. The van der Waals surface area contributed by atoms with E-state index in [-0.39, 0.29) is 30.8 Å². The van der Waals surface area contributed by atoms with Crippen molar-refractivity contribution in [2.75, 3.05) is 24.5 Å². The van der Waals surface area contributed by atoms with Crippen molar-refractivity contribution in [2.24, 2.45) is 5.73 Å². The summed E-state index contributed by atoms with van der Waals surface area (Å²) in [6.07, 6.45) is 3.01. The van der Waals surface area contributed by atoms with Crippen molar-refractivity contribution in [3.63, 3.8) is 0 Å². The van der Waals surface area contributed by atoms with Crippen molar-refractivity contribution < 1.29 is 9.59 Å². The monoisotopic (exact) mass is 275 g/mol. The van der Waals surface area contributed by atoms with Crippen LogP contribution in [0, 0.1) is 0 Å². The van der Waals surface area contributed by atoms with Crippen LogP contribution in [0.2, 0.25) is 0 Å². The predicted octanol–water partition coefficient (Wildman–Crippen LogP) is 0.690. The molecule has 20 heavy (non-hydrogen) atoms. The second-order valence-electron chi connectivity index (χ2n) is 4.99. The predicted molar refractivity (Wildman–Crippen MR) is 78.5 cm³/mol. The Morgan fingerprint density at radius 3 is 2.60 bits per heavy atom. The van der Waals surface area contributed by atoms with E-state index in [1.807, 2.05) is 30.3 Å². The molecule has 0 aromatic heterocycles. The maximum Gasteiger partial charge on any atom is 0.241 e. The average Bonchev–Trinajstić information content (AvgIpc) is 2.53. The molecule has 1 fully saturated rings. The minimum Gasteiger partial charge on any atom is -0.322 e. The first-order valence-corrected chi connectivity index (χ1v) is 7.04. The van der Waals surface area contributed by atoms with Crippen LogP contribution in [-0.2, 0) is 9.59 Å². The highest BCUT2D eigenvalue weighted by Crippen LogP contribution is 2.15. The Kier molecular flexibility index (Phi) is 5.26. The van der Waals surface area contributed by atoms with Crippen LogP contribution in [0.3, 0.4) is 0 Å². The number of ketones is 1. The van der Waals surface area contributed by atoms with Crippen LogP contribution in [0.1, 0.15) is 19.3 Å². The third-order valence-electron chi connectivity index (χ3n) is 3.56. The summed E-state index contributed by atoms with van der Waals surface area (Å²) in [7, 11) is 0. The number of nitrogens with two attached hydrogens (primary N) is 1. The zero-order valence-electron chi connectivity index (χ0n) is 11.5. The molecule has 1 aliphatic rings. The fourth-order valence-electron chi connectivity index (χ4n) is 2.43. The maximum absolute atomic E-state index is 12.3.